The van der Waals surface area contributed by atoms with Crippen molar-refractivity contribution >= 4 is 5.97 Å². The normalized spacial score (nSPS) is 11.4. The minimum absolute atomic E-state index is 0.0374. The first-order valence-electron chi connectivity index (χ1n) is 5.41. The molecule has 2 N–H and O–H groups in total. The average molecular weight is 238 g/mol. The third-order valence-electron chi connectivity index (χ3n) is 2.57. The van der Waals surface area contributed by atoms with Crippen molar-refractivity contribution in [2.24, 2.45) is 0 Å². The van der Waals surface area contributed by atoms with Gasteiger partial charge in [-0.15, -0.1) is 0 Å². The second-order valence-corrected chi connectivity index (χ2v) is 4.63. The van der Waals surface area contributed by atoms with Crippen molar-refractivity contribution in [3.63, 3.8) is 0 Å². The van der Waals surface area contributed by atoms with E-state index in [9.17, 15) is 4.79 Å². The lowest BCUT2D eigenvalue weighted by molar-refractivity contribution is -0.152. The molecule has 1 aromatic rings. The Balaban J connectivity index is 3.12. The molecule has 0 unspecified atom stereocenters. The largest absolute Gasteiger partial charge is 0.478 e. The zero-order valence-corrected chi connectivity index (χ0v) is 10.6. The van der Waals surface area contributed by atoms with Crippen LogP contribution in [0.15, 0.2) is 12.1 Å². The van der Waals surface area contributed by atoms with Crippen LogP contribution in [0.1, 0.15) is 30.5 Å². The van der Waals surface area contributed by atoms with E-state index in [0.29, 0.717) is 5.75 Å². The highest BCUT2D eigenvalue weighted by atomic mass is 16.5. The zero-order valence-electron chi connectivity index (χ0n) is 10.6. The number of hydrogen-bond donors (Lipinski definition) is 2. The second-order valence-electron chi connectivity index (χ2n) is 4.63. The molecule has 0 heterocycles. The molecule has 0 aliphatic rings. The summed E-state index contributed by atoms with van der Waals surface area (Å²) in [4.78, 5) is 11.0. The lowest BCUT2D eigenvalue weighted by atomic mass is 10.0. The van der Waals surface area contributed by atoms with E-state index >= 15 is 0 Å². The molecule has 0 aliphatic carbocycles. The van der Waals surface area contributed by atoms with E-state index in [4.69, 9.17) is 14.9 Å². The SMILES string of the molecule is Cc1cc(CO)cc(C)c1OC(C)(C)C(=O)O. The number of carboxylic acid groups (broad SMARTS) is 1. The first-order valence-corrected chi connectivity index (χ1v) is 5.41. The van der Waals surface area contributed by atoms with E-state index in [1.807, 2.05) is 13.8 Å². The highest BCUT2D eigenvalue weighted by Crippen LogP contribution is 2.28. The molecule has 1 aromatic carbocycles. The van der Waals surface area contributed by atoms with Crippen molar-refractivity contribution in [1.29, 1.82) is 0 Å². The highest BCUT2D eigenvalue weighted by Gasteiger charge is 2.30. The first-order chi connectivity index (χ1) is 7.77. The number of aliphatic hydroxyl groups is 1. The molecule has 0 aromatic heterocycles. The molecule has 0 saturated carbocycles. The number of aliphatic carboxylic acids is 1. The van der Waals surface area contributed by atoms with Gasteiger partial charge in [0.25, 0.3) is 0 Å². The topological polar surface area (TPSA) is 66.8 Å². The molecule has 17 heavy (non-hydrogen) atoms. The van der Waals surface area contributed by atoms with Crippen molar-refractivity contribution in [3.05, 3.63) is 28.8 Å². The van der Waals surface area contributed by atoms with Crippen LogP contribution >= 0.6 is 0 Å². The van der Waals surface area contributed by atoms with Gasteiger partial charge in [-0.3, -0.25) is 0 Å². The fourth-order valence-electron chi connectivity index (χ4n) is 1.59. The van der Waals surface area contributed by atoms with Crippen LogP contribution in [-0.4, -0.2) is 21.8 Å². The highest BCUT2D eigenvalue weighted by molar-refractivity contribution is 5.77. The van der Waals surface area contributed by atoms with Gasteiger partial charge in [-0.25, -0.2) is 4.79 Å². The predicted octanol–water partition coefficient (Wildman–Crippen LogP) is 2.04. The van der Waals surface area contributed by atoms with E-state index in [1.165, 1.54) is 13.8 Å². The van der Waals surface area contributed by atoms with E-state index < -0.39 is 11.6 Å². The van der Waals surface area contributed by atoms with Gasteiger partial charge < -0.3 is 14.9 Å². The van der Waals surface area contributed by atoms with Gasteiger partial charge in [0.15, 0.2) is 5.60 Å². The molecule has 0 saturated heterocycles. The van der Waals surface area contributed by atoms with E-state index in [-0.39, 0.29) is 6.61 Å². The van der Waals surface area contributed by atoms with Gasteiger partial charge >= 0.3 is 5.97 Å². The number of rotatable bonds is 4. The first kappa shape index (κ1) is 13.5. The lowest BCUT2D eigenvalue weighted by Crippen LogP contribution is -2.38. The maximum atomic E-state index is 11.0. The Hall–Kier alpha value is -1.55. The molecule has 4 heteroatoms. The molecule has 0 aliphatic heterocycles. The summed E-state index contributed by atoms with van der Waals surface area (Å²) >= 11 is 0. The summed E-state index contributed by atoms with van der Waals surface area (Å²) in [5, 5.41) is 18.1. The number of aryl methyl sites for hydroxylation is 2. The van der Waals surface area contributed by atoms with Crippen LogP contribution in [0.25, 0.3) is 0 Å². The molecule has 0 spiro atoms. The van der Waals surface area contributed by atoms with Crippen LogP contribution in [0.2, 0.25) is 0 Å². The molecular formula is C13H18O4. The third-order valence-corrected chi connectivity index (χ3v) is 2.57. The Morgan fingerprint density at radius 2 is 1.76 bits per heavy atom. The summed E-state index contributed by atoms with van der Waals surface area (Å²) < 4.78 is 5.54. The fourth-order valence-corrected chi connectivity index (χ4v) is 1.59. The Bertz CT molecular complexity index is 412. The number of ether oxygens (including phenoxy) is 1. The molecule has 94 valence electrons. The fraction of sp³-hybridized carbons (Fsp3) is 0.462. The summed E-state index contributed by atoms with van der Waals surface area (Å²) in [5.41, 5.74) is 1.17. The molecule has 0 fully saturated rings. The maximum absolute atomic E-state index is 11.0. The number of benzene rings is 1. The Morgan fingerprint density at radius 1 is 1.29 bits per heavy atom. The molecule has 1 rings (SSSR count). The molecule has 0 amide bonds. The number of carboxylic acids is 1. The van der Waals surface area contributed by atoms with Crippen LogP contribution in [0.5, 0.6) is 5.75 Å². The third kappa shape index (κ3) is 2.97. The van der Waals surface area contributed by atoms with Crippen LogP contribution in [0, 0.1) is 13.8 Å². The van der Waals surface area contributed by atoms with Gasteiger partial charge in [-0.05, 0) is 44.4 Å². The predicted molar refractivity (Wildman–Crippen MR) is 64.2 cm³/mol. The van der Waals surface area contributed by atoms with E-state index in [0.717, 1.165) is 16.7 Å². The Kier molecular flexibility index (Phi) is 3.78. The second kappa shape index (κ2) is 4.75. The Morgan fingerprint density at radius 3 is 2.12 bits per heavy atom. The quantitative estimate of drug-likeness (QED) is 0.842. The van der Waals surface area contributed by atoms with Crippen LogP contribution in [0.3, 0.4) is 0 Å². The summed E-state index contributed by atoms with van der Waals surface area (Å²) in [6.45, 7) is 6.64. The van der Waals surface area contributed by atoms with Crippen LogP contribution in [0.4, 0.5) is 0 Å². The van der Waals surface area contributed by atoms with Gasteiger partial charge in [0.05, 0.1) is 6.61 Å². The van der Waals surface area contributed by atoms with E-state index in [1.54, 1.807) is 12.1 Å². The lowest BCUT2D eigenvalue weighted by Gasteiger charge is -2.24. The van der Waals surface area contributed by atoms with Gasteiger partial charge in [0, 0.05) is 0 Å². The van der Waals surface area contributed by atoms with Gasteiger partial charge in [0.2, 0.25) is 0 Å². The van der Waals surface area contributed by atoms with Crippen molar-refractivity contribution < 1.29 is 19.7 Å². The van der Waals surface area contributed by atoms with Crippen molar-refractivity contribution in [3.8, 4) is 5.75 Å². The summed E-state index contributed by atoms with van der Waals surface area (Å²) in [6.07, 6.45) is 0. The van der Waals surface area contributed by atoms with Gasteiger partial charge in [-0.1, -0.05) is 12.1 Å². The standard InChI is InChI=1S/C13H18O4/c1-8-5-10(7-14)6-9(2)11(8)17-13(3,4)12(15)16/h5-6,14H,7H2,1-4H3,(H,15,16). The van der Waals surface area contributed by atoms with Gasteiger partial charge in [0.1, 0.15) is 5.75 Å². The van der Waals surface area contributed by atoms with E-state index in [2.05, 4.69) is 0 Å². The zero-order chi connectivity index (χ0) is 13.2. The average Bonchev–Trinajstić information content (AvgIpc) is 2.22. The number of hydrogen-bond acceptors (Lipinski definition) is 3. The maximum Gasteiger partial charge on any atom is 0.347 e. The molecule has 0 radical (unpaired) electrons. The molecular weight excluding hydrogens is 220 g/mol. The summed E-state index contributed by atoms with van der Waals surface area (Å²) in [6, 6.07) is 3.58. The van der Waals surface area contributed by atoms with Gasteiger partial charge in [-0.2, -0.15) is 0 Å². The van der Waals surface area contributed by atoms with Crippen LogP contribution < -0.4 is 4.74 Å². The minimum Gasteiger partial charge on any atom is -0.478 e. The van der Waals surface area contributed by atoms with Crippen molar-refractivity contribution in [1.82, 2.24) is 0 Å². The minimum atomic E-state index is -1.27. The van der Waals surface area contributed by atoms with Crippen molar-refractivity contribution in [2.45, 2.75) is 39.9 Å². The smallest absolute Gasteiger partial charge is 0.347 e. The number of carbonyl (C=O) groups is 1. The summed E-state index contributed by atoms with van der Waals surface area (Å²) in [5.74, 6) is -0.447. The summed E-state index contributed by atoms with van der Waals surface area (Å²) in [7, 11) is 0. The Labute approximate surface area is 101 Å². The molecule has 0 bridgehead atoms. The molecule has 0 atom stereocenters. The van der Waals surface area contributed by atoms with Crippen LogP contribution in [-0.2, 0) is 11.4 Å². The molecule has 4 nitrogen and oxygen atoms in total. The number of aliphatic hydroxyl groups excluding tert-OH is 1. The van der Waals surface area contributed by atoms with Crippen molar-refractivity contribution in [2.75, 3.05) is 0 Å². The monoisotopic (exact) mass is 238 g/mol.